The Morgan fingerprint density at radius 3 is 1.55 bits per heavy atom. The van der Waals surface area contributed by atoms with Crippen LogP contribution in [0.4, 0.5) is 13.2 Å². The molecule has 0 bridgehead atoms. The van der Waals surface area contributed by atoms with Crippen LogP contribution in [0.1, 0.15) is 5.56 Å². The second-order valence-corrected chi connectivity index (χ2v) is 10.2. The summed E-state index contributed by atoms with van der Waals surface area (Å²) in [5, 5.41) is 24.7. The minimum Gasteiger partial charge on any atom is -0.192 e. The molecule has 0 spiro atoms. The van der Waals surface area contributed by atoms with Crippen molar-refractivity contribution in [3.63, 3.8) is 0 Å². The standard InChI is InChI=1S/C37H19F3N2/c38-37(39,40)26-16-14-22(15-17-26)27-18-19-30-34-28(27)12-7-13-29(34)35-31(23-8-3-1-4-9-23)33(25(20-41)21-42)32(36(30)35)24-10-5-2-6-11-24/h1-19H. The molecular formula is C37H19F3N2. The lowest BCUT2D eigenvalue weighted by Crippen LogP contribution is -2.08. The maximum absolute atomic E-state index is 13.3. The zero-order valence-corrected chi connectivity index (χ0v) is 22.0. The summed E-state index contributed by atoms with van der Waals surface area (Å²) in [5.41, 5.74) is 6.19. The summed E-state index contributed by atoms with van der Waals surface area (Å²) >= 11 is 0. The molecule has 0 atom stereocenters. The van der Waals surface area contributed by atoms with Crippen LogP contribution in [0.15, 0.2) is 115 Å². The van der Waals surface area contributed by atoms with Gasteiger partial charge >= 0.3 is 6.18 Å². The monoisotopic (exact) mass is 548 g/mol. The molecule has 0 fully saturated rings. The van der Waals surface area contributed by atoms with Crippen LogP contribution < -0.4 is 5.22 Å². The van der Waals surface area contributed by atoms with Gasteiger partial charge in [0.2, 0.25) is 0 Å². The van der Waals surface area contributed by atoms with E-state index in [1.807, 2.05) is 91.0 Å². The fourth-order valence-corrected chi connectivity index (χ4v) is 6.25. The zero-order chi connectivity index (χ0) is 29.0. The molecule has 5 aromatic rings. The van der Waals surface area contributed by atoms with Crippen molar-refractivity contribution in [2.75, 3.05) is 0 Å². The number of rotatable bonds is 3. The van der Waals surface area contributed by atoms with Crippen molar-refractivity contribution in [2.45, 2.75) is 6.18 Å². The largest absolute Gasteiger partial charge is 0.416 e. The first-order chi connectivity index (χ1) is 20.4. The van der Waals surface area contributed by atoms with Crippen molar-refractivity contribution in [3.05, 3.63) is 126 Å². The van der Waals surface area contributed by atoms with Gasteiger partial charge in [0.25, 0.3) is 0 Å². The highest BCUT2D eigenvalue weighted by Crippen LogP contribution is 2.52. The maximum Gasteiger partial charge on any atom is 0.416 e. The van der Waals surface area contributed by atoms with E-state index in [4.69, 9.17) is 0 Å². The van der Waals surface area contributed by atoms with Gasteiger partial charge in [-0.3, -0.25) is 0 Å². The average Bonchev–Trinajstić information content (AvgIpc) is 3.53. The van der Waals surface area contributed by atoms with Crippen molar-refractivity contribution >= 4 is 27.1 Å². The summed E-state index contributed by atoms with van der Waals surface area (Å²) in [4.78, 5) is 0. The predicted octanol–water partition coefficient (Wildman–Crippen LogP) is 9.47. The van der Waals surface area contributed by atoms with Crippen molar-refractivity contribution in [3.8, 4) is 56.6 Å². The van der Waals surface area contributed by atoms with Gasteiger partial charge < -0.3 is 0 Å². The van der Waals surface area contributed by atoms with E-state index in [1.54, 1.807) is 0 Å². The van der Waals surface area contributed by atoms with Gasteiger partial charge in [0.05, 0.1) is 5.56 Å². The molecule has 0 N–H and O–H groups in total. The molecule has 0 amide bonds. The summed E-state index contributed by atoms with van der Waals surface area (Å²) in [6.07, 6.45) is -4.41. The smallest absolute Gasteiger partial charge is 0.192 e. The first-order valence-electron chi connectivity index (χ1n) is 13.3. The van der Waals surface area contributed by atoms with E-state index < -0.39 is 11.7 Å². The predicted molar refractivity (Wildman–Crippen MR) is 160 cm³/mol. The van der Waals surface area contributed by atoms with Crippen molar-refractivity contribution in [1.29, 1.82) is 10.5 Å². The third kappa shape index (κ3) is 3.72. The van der Waals surface area contributed by atoms with E-state index in [9.17, 15) is 23.7 Å². The molecule has 0 radical (unpaired) electrons. The van der Waals surface area contributed by atoms with Gasteiger partial charge in [-0.25, -0.2) is 0 Å². The summed E-state index contributed by atoms with van der Waals surface area (Å²) in [6.45, 7) is 0. The first-order valence-corrected chi connectivity index (χ1v) is 13.3. The third-order valence-corrected chi connectivity index (χ3v) is 7.95. The van der Waals surface area contributed by atoms with Gasteiger partial charge in [0.1, 0.15) is 17.7 Å². The van der Waals surface area contributed by atoms with Crippen LogP contribution >= 0.6 is 0 Å². The minimum atomic E-state index is -4.41. The Morgan fingerprint density at radius 1 is 0.500 bits per heavy atom. The molecule has 0 unspecified atom stereocenters. The second-order valence-electron chi connectivity index (χ2n) is 10.2. The molecule has 2 aliphatic rings. The lowest BCUT2D eigenvalue weighted by atomic mass is 9.93. The molecule has 0 aliphatic heterocycles. The van der Waals surface area contributed by atoms with E-state index >= 15 is 0 Å². The number of alkyl halides is 3. The van der Waals surface area contributed by atoms with Crippen LogP contribution in [0.5, 0.6) is 0 Å². The van der Waals surface area contributed by atoms with Crippen molar-refractivity contribution in [2.24, 2.45) is 0 Å². The molecule has 0 heterocycles. The van der Waals surface area contributed by atoms with Gasteiger partial charge in [-0.15, -0.1) is 0 Å². The van der Waals surface area contributed by atoms with Crippen molar-refractivity contribution < 1.29 is 13.2 Å². The number of halogens is 3. The van der Waals surface area contributed by atoms with Crippen LogP contribution in [0, 0.1) is 22.7 Å². The summed E-state index contributed by atoms with van der Waals surface area (Å²) in [6, 6.07) is 39.0. The number of benzene rings is 5. The lowest BCUT2D eigenvalue weighted by Gasteiger charge is -2.11. The fourth-order valence-electron chi connectivity index (χ4n) is 6.25. The Kier molecular flexibility index (Phi) is 5.71. The molecule has 42 heavy (non-hydrogen) atoms. The minimum absolute atomic E-state index is 0.0391. The molecule has 7 rings (SSSR count). The number of nitriles is 2. The van der Waals surface area contributed by atoms with E-state index in [1.165, 1.54) is 12.1 Å². The SMILES string of the molecule is N#CC(C#N)=c1c(-c2ccccc2)c2c3cccc4c(-c5ccc(C(F)(F)F)cc5)ccc(c-2c1-c1ccccc1)c43. The fraction of sp³-hybridized carbons (Fsp3) is 0.0270. The summed E-state index contributed by atoms with van der Waals surface area (Å²) in [5.74, 6) is 0. The average molecular weight is 549 g/mol. The maximum atomic E-state index is 13.3. The quantitative estimate of drug-likeness (QED) is 0.221. The van der Waals surface area contributed by atoms with Gasteiger partial charge in [-0.05, 0) is 67.1 Å². The molecule has 0 saturated carbocycles. The van der Waals surface area contributed by atoms with Gasteiger partial charge in [0.15, 0.2) is 0 Å². The van der Waals surface area contributed by atoms with E-state index in [0.29, 0.717) is 10.8 Å². The number of hydrogen-bond acceptors (Lipinski definition) is 2. The van der Waals surface area contributed by atoms with Crippen LogP contribution in [0.3, 0.4) is 0 Å². The Bertz CT molecular complexity index is 2130. The van der Waals surface area contributed by atoms with Gasteiger partial charge in [0, 0.05) is 16.3 Å². The van der Waals surface area contributed by atoms with Gasteiger partial charge in [-0.2, -0.15) is 23.7 Å². The highest BCUT2D eigenvalue weighted by molar-refractivity contribution is 6.31. The molecule has 0 aromatic heterocycles. The molecule has 5 heteroatoms. The molecule has 2 nitrogen and oxygen atoms in total. The van der Waals surface area contributed by atoms with E-state index in [0.717, 1.165) is 72.6 Å². The zero-order valence-electron chi connectivity index (χ0n) is 22.0. The molecule has 2 aliphatic carbocycles. The number of hydrogen-bond donors (Lipinski definition) is 0. The molecule has 0 saturated heterocycles. The van der Waals surface area contributed by atoms with E-state index in [2.05, 4.69) is 12.1 Å². The molecule has 5 aromatic carbocycles. The second kappa shape index (κ2) is 9.47. The lowest BCUT2D eigenvalue weighted by molar-refractivity contribution is -0.137. The van der Waals surface area contributed by atoms with Crippen LogP contribution in [0.2, 0.25) is 0 Å². The summed E-state index contributed by atoms with van der Waals surface area (Å²) in [7, 11) is 0. The van der Waals surface area contributed by atoms with Crippen molar-refractivity contribution in [1.82, 2.24) is 0 Å². The Labute approximate surface area is 239 Å². The van der Waals surface area contributed by atoms with Crippen LogP contribution in [-0.2, 0) is 6.18 Å². The normalized spacial score (nSPS) is 11.6. The highest BCUT2D eigenvalue weighted by atomic mass is 19.4. The van der Waals surface area contributed by atoms with Crippen LogP contribution in [-0.4, -0.2) is 0 Å². The molecular weight excluding hydrogens is 529 g/mol. The van der Waals surface area contributed by atoms with E-state index in [-0.39, 0.29) is 5.57 Å². The first kappa shape index (κ1) is 25.3. The number of fused-ring (bicyclic) bond motifs is 3. The Hall–Kier alpha value is -5.65. The molecule has 198 valence electrons. The van der Waals surface area contributed by atoms with Gasteiger partial charge in [-0.1, -0.05) is 103 Å². The Balaban J connectivity index is 1.66. The highest BCUT2D eigenvalue weighted by Gasteiger charge is 2.32. The van der Waals surface area contributed by atoms with Crippen LogP contribution in [0.25, 0.3) is 71.6 Å². The topological polar surface area (TPSA) is 47.6 Å². The summed E-state index contributed by atoms with van der Waals surface area (Å²) < 4.78 is 39.8. The number of nitrogens with zero attached hydrogens (tertiary/aromatic N) is 2. The third-order valence-electron chi connectivity index (χ3n) is 7.95. The Morgan fingerprint density at radius 2 is 1.02 bits per heavy atom.